The summed E-state index contributed by atoms with van der Waals surface area (Å²) in [6, 6.07) is 0. The molecule has 3 unspecified atom stereocenters. The van der Waals surface area contributed by atoms with Gasteiger partial charge >= 0.3 is 12.1 Å². The van der Waals surface area contributed by atoms with Crippen LogP contribution in [-0.4, -0.2) is 49.6 Å². The van der Waals surface area contributed by atoms with E-state index in [1.807, 2.05) is 0 Å². The number of carboxylic acids is 1. The lowest BCUT2D eigenvalue weighted by atomic mass is 10.0. The van der Waals surface area contributed by atoms with E-state index in [2.05, 4.69) is 5.32 Å². The van der Waals surface area contributed by atoms with Crippen LogP contribution in [0, 0.1) is 11.3 Å². The van der Waals surface area contributed by atoms with Gasteiger partial charge in [-0.25, -0.2) is 8.42 Å². The first-order chi connectivity index (χ1) is 9.84. The number of carbonyl (C=O) groups is 2. The van der Waals surface area contributed by atoms with Gasteiger partial charge in [0.1, 0.15) is 0 Å². The first-order valence-corrected chi connectivity index (χ1v) is 8.55. The van der Waals surface area contributed by atoms with Crippen molar-refractivity contribution in [3.8, 4) is 0 Å². The van der Waals surface area contributed by atoms with Gasteiger partial charge in [0, 0.05) is 12.8 Å². The first-order valence-electron chi connectivity index (χ1n) is 6.60. The van der Waals surface area contributed by atoms with E-state index in [1.165, 1.54) is 0 Å². The molecule has 22 heavy (non-hydrogen) atoms. The zero-order valence-electron chi connectivity index (χ0n) is 12.1. The predicted octanol–water partition coefficient (Wildman–Crippen LogP) is 0.969. The van der Waals surface area contributed by atoms with Crippen molar-refractivity contribution in [1.29, 1.82) is 0 Å². The van der Waals surface area contributed by atoms with Crippen molar-refractivity contribution in [2.75, 3.05) is 12.8 Å². The van der Waals surface area contributed by atoms with Gasteiger partial charge in [-0.3, -0.25) is 9.59 Å². The lowest BCUT2D eigenvalue weighted by Crippen LogP contribution is -2.42. The summed E-state index contributed by atoms with van der Waals surface area (Å²) < 4.78 is 61.0. The van der Waals surface area contributed by atoms with Crippen molar-refractivity contribution in [2.24, 2.45) is 11.3 Å². The molecule has 1 fully saturated rings. The van der Waals surface area contributed by atoms with Crippen LogP contribution < -0.4 is 5.32 Å². The number of carboxylic acid groups (broad SMARTS) is 1. The lowest BCUT2D eigenvalue weighted by Gasteiger charge is -2.21. The topological polar surface area (TPSA) is 101 Å². The van der Waals surface area contributed by atoms with Gasteiger partial charge in [0.25, 0.3) is 0 Å². The van der Waals surface area contributed by atoms with Crippen LogP contribution in [0.2, 0.25) is 0 Å². The minimum Gasteiger partial charge on any atom is -0.481 e. The molecule has 1 rings (SSSR count). The van der Waals surface area contributed by atoms with Gasteiger partial charge in [0.05, 0.1) is 23.0 Å². The normalized spacial score (nSPS) is 26.3. The van der Waals surface area contributed by atoms with E-state index >= 15 is 0 Å². The van der Waals surface area contributed by atoms with E-state index in [4.69, 9.17) is 5.11 Å². The van der Waals surface area contributed by atoms with E-state index in [0.29, 0.717) is 0 Å². The summed E-state index contributed by atoms with van der Waals surface area (Å²) >= 11 is 0. The molecule has 0 saturated heterocycles. The third-order valence-electron chi connectivity index (χ3n) is 4.00. The zero-order chi connectivity index (χ0) is 17.3. The molecule has 2 N–H and O–H groups in total. The Hall–Kier alpha value is -1.32. The minimum atomic E-state index is -4.76. The SMILES string of the molecule is CCC1(C(=O)NCC(CC(=O)O)C(F)(F)F)CC1S(C)(=O)=O. The van der Waals surface area contributed by atoms with E-state index in [9.17, 15) is 31.2 Å². The molecule has 0 aromatic heterocycles. The second-order valence-electron chi connectivity index (χ2n) is 5.58. The Bertz CT molecular complexity index is 560. The fraction of sp³-hybridized carbons (Fsp3) is 0.833. The van der Waals surface area contributed by atoms with Gasteiger partial charge in [0.2, 0.25) is 5.91 Å². The van der Waals surface area contributed by atoms with Crippen LogP contribution in [0.25, 0.3) is 0 Å². The number of nitrogens with one attached hydrogen (secondary N) is 1. The number of hydrogen-bond acceptors (Lipinski definition) is 4. The maximum atomic E-state index is 12.7. The van der Waals surface area contributed by atoms with Crippen molar-refractivity contribution in [1.82, 2.24) is 5.32 Å². The first kappa shape index (κ1) is 18.7. The fourth-order valence-electron chi connectivity index (χ4n) is 2.51. The predicted molar refractivity (Wildman–Crippen MR) is 70.8 cm³/mol. The Morgan fingerprint density at radius 1 is 1.41 bits per heavy atom. The Morgan fingerprint density at radius 2 is 1.95 bits per heavy atom. The van der Waals surface area contributed by atoms with Crippen LogP contribution in [0.15, 0.2) is 0 Å². The molecule has 0 bridgehead atoms. The van der Waals surface area contributed by atoms with Gasteiger partial charge < -0.3 is 10.4 Å². The molecule has 0 heterocycles. The minimum absolute atomic E-state index is 0.0732. The molecule has 10 heteroatoms. The lowest BCUT2D eigenvalue weighted by molar-refractivity contribution is -0.182. The van der Waals surface area contributed by atoms with Crippen LogP contribution in [0.3, 0.4) is 0 Å². The summed E-state index contributed by atoms with van der Waals surface area (Å²) in [5, 5.41) is 9.66. The number of sulfone groups is 1. The molecular weight excluding hydrogens is 327 g/mol. The quantitative estimate of drug-likeness (QED) is 0.716. The van der Waals surface area contributed by atoms with Crippen LogP contribution in [0.4, 0.5) is 13.2 Å². The Morgan fingerprint density at radius 3 is 2.27 bits per heavy atom. The largest absolute Gasteiger partial charge is 0.481 e. The zero-order valence-corrected chi connectivity index (χ0v) is 12.9. The molecule has 3 atom stereocenters. The van der Waals surface area contributed by atoms with Gasteiger partial charge in [-0.2, -0.15) is 13.2 Å². The highest BCUT2D eigenvalue weighted by molar-refractivity contribution is 7.91. The molecule has 0 aromatic carbocycles. The highest BCUT2D eigenvalue weighted by atomic mass is 32.2. The van der Waals surface area contributed by atoms with E-state index in [0.717, 1.165) is 6.26 Å². The molecule has 1 saturated carbocycles. The molecule has 0 aromatic rings. The number of halogens is 3. The molecular formula is C12H18F3NO5S. The average Bonchev–Trinajstić information content (AvgIpc) is 3.08. The fourth-order valence-corrected chi connectivity index (χ4v) is 4.20. The number of aliphatic carboxylic acids is 1. The highest BCUT2D eigenvalue weighted by Crippen LogP contribution is 2.53. The van der Waals surface area contributed by atoms with Gasteiger partial charge in [-0.1, -0.05) is 6.92 Å². The van der Waals surface area contributed by atoms with E-state index < -0.39 is 57.4 Å². The summed E-state index contributed by atoms with van der Waals surface area (Å²) in [7, 11) is -3.46. The Kier molecular flexibility index (Phi) is 5.15. The molecule has 1 aliphatic carbocycles. The van der Waals surface area contributed by atoms with Gasteiger partial charge in [-0.05, 0) is 12.8 Å². The smallest absolute Gasteiger partial charge is 0.394 e. The highest BCUT2D eigenvalue weighted by Gasteiger charge is 2.63. The van der Waals surface area contributed by atoms with Crippen LogP contribution in [0.1, 0.15) is 26.2 Å². The third-order valence-corrected chi connectivity index (χ3v) is 5.65. The van der Waals surface area contributed by atoms with Crippen molar-refractivity contribution >= 4 is 21.7 Å². The third kappa shape index (κ3) is 4.11. The monoisotopic (exact) mass is 345 g/mol. The number of carbonyl (C=O) groups excluding carboxylic acids is 1. The van der Waals surface area contributed by atoms with Crippen molar-refractivity contribution in [3.63, 3.8) is 0 Å². The summed E-state index contributed by atoms with van der Waals surface area (Å²) in [4.78, 5) is 22.5. The second-order valence-corrected chi connectivity index (χ2v) is 7.81. The number of rotatable bonds is 7. The van der Waals surface area contributed by atoms with Crippen molar-refractivity contribution in [2.45, 2.75) is 37.6 Å². The van der Waals surface area contributed by atoms with E-state index in [-0.39, 0.29) is 12.8 Å². The molecule has 0 spiro atoms. The average molecular weight is 345 g/mol. The maximum absolute atomic E-state index is 12.7. The van der Waals surface area contributed by atoms with Crippen LogP contribution >= 0.6 is 0 Å². The summed E-state index contributed by atoms with van der Waals surface area (Å²) in [6.07, 6.45) is -4.68. The number of amides is 1. The molecule has 1 amide bonds. The van der Waals surface area contributed by atoms with Crippen molar-refractivity contribution in [3.05, 3.63) is 0 Å². The summed E-state index contributed by atoms with van der Waals surface area (Å²) in [5.74, 6) is -4.61. The standard InChI is InChI=1S/C12H18F3NO5S/c1-3-11(5-8(11)22(2,20)21)10(19)16-6-7(4-9(17)18)12(13,14)15/h7-8H,3-6H2,1-2H3,(H,16,19)(H,17,18). The molecule has 0 radical (unpaired) electrons. The number of alkyl halides is 3. The van der Waals surface area contributed by atoms with Gasteiger partial charge in [0.15, 0.2) is 9.84 Å². The number of hydrogen-bond donors (Lipinski definition) is 2. The summed E-state index contributed by atoms with van der Waals surface area (Å²) in [6.45, 7) is 0.704. The molecule has 6 nitrogen and oxygen atoms in total. The Balaban J connectivity index is 2.74. The summed E-state index contributed by atoms with van der Waals surface area (Å²) in [5.41, 5.74) is -1.20. The molecule has 1 aliphatic rings. The maximum Gasteiger partial charge on any atom is 0.394 e. The van der Waals surface area contributed by atoms with Gasteiger partial charge in [-0.15, -0.1) is 0 Å². The van der Waals surface area contributed by atoms with Crippen molar-refractivity contribution < 1.29 is 36.3 Å². The second kappa shape index (κ2) is 6.05. The van der Waals surface area contributed by atoms with E-state index in [1.54, 1.807) is 6.92 Å². The van der Waals surface area contributed by atoms with Crippen LogP contribution in [0.5, 0.6) is 0 Å². The molecule has 128 valence electrons. The molecule has 0 aliphatic heterocycles. The van der Waals surface area contributed by atoms with Crippen LogP contribution in [-0.2, 0) is 19.4 Å². The Labute approximate surface area is 126 Å².